The predicted octanol–water partition coefficient (Wildman–Crippen LogP) is 3.23. The molecule has 1 fully saturated rings. The van der Waals surface area contributed by atoms with Crippen molar-refractivity contribution >= 4 is 6.03 Å². The van der Waals surface area contributed by atoms with Crippen LogP contribution < -0.4 is 10.6 Å². The second-order valence-corrected chi connectivity index (χ2v) is 7.03. The van der Waals surface area contributed by atoms with E-state index in [0.717, 1.165) is 19.4 Å². The monoisotopic (exact) mass is 342 g/mol. The van der Waals surface area contributed by atoms with Crippen molar-refractivity contribution < 1.29 is 9.32 Å². The Morgan fingerprint density at radius 1 is 1.24 bits per heavy atom. The minimum Gasteiger partial charge on any atom is -0.339 e. The van der Waals surface area contributed by atoms with Gasteiger partial charge in [0.2, 0.25) is 5.89 Å². The Kier molecular flexibility index (Phi) is 5.68. The van der Waals surface area contributed by atoms with Crippen molar-refractivity contribution in [1.29, 1.82) is 0 Å². The molecule has 0 bridgehead atoms. The predicted molar refractivity (Wildman–Crippen MR) is 95.4 cm³/mol. The first-order valence-corrected chi connectivity index (χ1v) is 9.01. The van der Waals surface area contributed by atoms with Crippen LogP contribution in [0.15, 0.2) is 34.9 Å². The van der Waals surface area contributed by atoms with Crippen LogP contribution in [0, 0.1) is 5.92 Å². The zero-order chi connectivity index (χ0) is 17.6. The van der Waals surface area contributed by atoms with Crippen LogP contribution in [0.1, 0.15) is 55.8 Å². The van der Waals surface area contributed by atoms with Crippen LogP contribution in [0.2, 0.25) is 0 Å². The molecule has 25 heavy (non-hydrogen) atoms. The zero-order valence-corrected chi connectivity index (χ0v) is 14.9. The number of urea groups is 1. The molecule has 0 radical (unpaired) electrons. The first kappa shape index (κ1) is 17.5. The molecule has 0 saturated heterocycles. The molecule has 1 aromatic carbocycles. The maximum absolute atomic E-state index is 11.9. The molecule has 2 amide bonds. The van der Waals surface area contributed by atoms with Gasteiger partial charge in [-0.15, -0.1) is 0 Å². The van der Waals surface area contributed by atoms with Gasteiger partial charge in [0.15, 0.2) is 5.82 Å². The highest BCUT2D eigenvalue weighted by Gasteiger charge is 2.30. The third-order valence-corrected chi connectivity index (χ3v) is 4.68. The molecule has 1 heterocycles. The van der Waals surface area contributed by atoms with Gasteiger partial charge >= 0.3 is 6.03 Å². The summed E-state index contributed by atoms with van der Waals surface area (Å²) in [7, 11) is 0. The second-order valence-electron chi connectivity index (χ2n) is 7.03. The molecule has 6 heteroatoms. The number of nitrogens with zero attached hydrogens (tertiary/aromatic N) is 2. The van der Waals surface area contributed by atoms with Gasteiger partial charge in [-0.05, 0) is 30.2 Å². The fourth-order valence-electron chi connectivity index (χ4n) is 3.09. The Morgan fingerprint density at radius 3 is 2.68 bits per heavy atom. The topological polar surface area (TPSA) is 80.0 Å². The minimum absolute atomic E-state index is 0.133. The van der Waals surface area contributed by atoms with Crippen molar-refractivity contribution in [3.63, 3.8) is 0 Å². The molecule has 0 unspecified atom stereocenters. The highest BCUT2D eigenvalue weighted by atomic mass is 16.5. The number of hydrogen-bond donors (Lipinski definition) is 2. The smallest absolute Gasteiger partial charge is 0.314 e. The fraction of sp³-hybridized carbons (Fsp3) is 0.526. The third-order valence-electron chi connectivity index (χ3n) is 4.68. The van der Waals surface area contributed by atoms with E-state index in [0.29, 0.717) is 36.5 Å². The first-order chi connectivity index (χ1) is 12.1. The lowest BCUT2D eigenvalue weighted by Gasteiger charge is -2.35. The van der Waals surface area contributed by atoms with Gasteiger partial charge in [-0.25, -0.2) is 4.79 Å². The number of benzene rings is 1. The molecule has 1 aromatic heterocycles. The Bertz CT molecular complexity index is 678. The lowest BCUT2D eigenvalue weighted by molar-refractivity contribution is 0.224. The summed E-state index contributed by atoms with van der Waals surface area (Å²) in [6.45, 7) is 5.25. The normalized spacial score (nSPS) is 19.5. The Hall–Kier alpha value is -2.37. The van der Waals surface area contributed by atoms with Crippen LogP contribution in [-0.4, -0.2) is 29.3 Å². The Labute approximate surface area is 148 Å². The maximum atomic E-state index is 11.9. The van der Waals surface area contributed by atoms with E-state index < -0.39 is 0 Å². The molecule has 3 rings (SSSR count). The molecule has 2 N–H and O–H groups in total. The molecule has 1 aliphatic carbocycles. The molecule has 1 saturated carbocycles. The van der Waals surface area contributed by atoms with Gasteiger partial charge in [0, 0.05) is 25.4 Å². The van der Waals surface area contributed by atoms with E-state index in [-0.39, 0.29) is 11.9 Å². The van der Waals surface area contributed by atoms with E-state index in [9.17, 15) is 4.79 Å². The molecular weight excluding hydrogens is 316 g/mol. The number of hydrogen-bond acceptors (Lipinski definition) is 4. The average Bonchev–Trinajstić information content (AvgIpc) is 3.03. The highest BCUT2D eigenvalue weighted by Crippen LogP contribution is 2.40. The summed E-state index contributed by atoms with van der Waals surface area (Å²) in [5.74, 6) is 2.73. The van der Waals surface area contributed by atoms with E-state index in [1.165, 1.54) is 5.56 Å². The van der Waals surface area contributed by atoms with Crippen molar-refractivity contribution in [2.75, 3.05) is 13.1 Å². The van der Waals surface area contributed by atoms with E-state index in [4.69, 9.17) is 4.52 Å². The first-order valence-electron chi connectivity index (χ1n) is 9.01. The summed E-state index contributed by atoms with van der Waals surface area (Å²) in [5, 5.41) is 9.70. The summed E-state index contributed by atoms with van der Waals surface area (Å²) in [6.07, 6.45) is 2.83. The van der Waals surface area contributed by atoms with Crippen LogP contribution >= 0.6 is 0 Å². The number of nitrogens with one attached hydrogen (secondary N) is 2. The lowest BCUT2D eigenvalue weighted by Crippen LogP contribution is -2.41. The van der Waals surface area contributed by atoms with E-state index >= 15 is 0 Å². The highest BCUT2D eigenvalue weighted by molar-refractivity contribution is 5.73. The summed E-state index contributed by atoms with van der Waals surface area (Å²) in [5.41, 5.74) is 1.41. The number of aromatic nitrogens is 2. The Morgan fingerprint density at radius 2 is 2.00 bits per heavy atom. The number of rotatable bonds is 7. The van der Waals surface area contributed by atoms with Crippen LogP contribution in [-0.2, 0) is 6.42 Å². The zero-order valence-electron chi connectivity index (χ0n) is 14.9. The van der Waals surface area contributed by atoms with Crippen molar-refractivity contribution in [2.24, 2.45) is 5.92 Å². The van der Waals surface area contributed by atoms with Crippen molar-refractivity contribution in [2.45, 2.75) is 44.9 Å². The summed E-state index contributed by atoms with van der Waals surface area (Å²) < 4.78 is 5.15. The van der Waals surface area contributed by atoms with Crippen LogP contribution in [0.25, 0.3) is 0 Å². The van der Waals surface area contributed by atoms with Gasteiger partial charge in [-0.2, -0.15) is 4.98 Å². The molecular formula is C19H26N4O2. The van der Waals surface area contributed by atoms with E-state index in [1.807, 2.05) is 19.9 Å². The molecule has 6 nitrogen and oxygen atoms in total. The maximum Gasteiger partial charge on any atom is 0.314 e. The average molecular weight is 342 g/mol. The molecule has 0 atom stereocenters. The van der Waals surface area contributed by atoms with Gasteiger partial charge in [-0.1, -0.05) is 49.3 Å². The number of carbonyl (C=O) groups excluding carboxylic acids is 1. The lowest BCUT2D eigenvalue weighted by atomic mass is 9.71. The van der Waals surface area contributed by atoms with Gasteiger partial charge in [0.05, 0.1) is 0 Å². The Balaban J connectivity index is 1.29. The van der Waals surface area contributed by atoms with Crippen LogP contribution in [0.3, 0.4) is 0 Å². The quantitative estimate of drug-likeness (QED) is 0.809. The molecule has 1 aliphatic rings. The standard InChI is InChI=1S/C19H26N4O2/c1-13(2)18-22-17(25-23-18)8-9-20-19(24)21-12-14-10-16(11-14)15-6-4-3-5-7-15/h3-7,13-14,16H,8-12H2,1-2H3,(H2,20,21,24). The van der Waals surface area contributed by atoms with Gasteiger partial charge in [-0.3, -0.25) is 0 Å². The third kappa shape index (κ3) is 4.81. The van der Waals surface area contributed by atoms with Crippen molar-refractivity contribution in [3.8, 4) is 0 Å². The van der Waals surface area contributed by atoms with Crippen molar-refractivity contribution in [1.82, 2.24) is 20.8 Å². The van der Waals surface area contributed by atoms with Gasteiger partial charge in [0.25, 0.3) is 0 Å². The number of carbonyl (C=O) groups is 1. The minimum atomic E-state index is -0.133. The summed E-state index contributed by atoms with van der Waals surface area (Å²) >= 11 is 0. The fourth-order valence-corrected chi connectivity index (χ4v) is 3.09. The molecule has 0 spiro atoms. The van der Waals surface area contributed by atoms with Gasteiger partial charge in [0.1, 0.15) is 0 Å². The van der Waals surface area contributed by atoms with E-state index in [1.54, 1.807) is 0 Å². The number of amides is 2. The van der Waals surface area contributed by atoms with Gasteiger partial charge < -0.3 is 15.2 Å². The second kappa shape index (κ2) is 8.14. The largest absolute Gasteiger partial charge is 0.339 e. The molecule has 134 valence electrons. The summed E-state index contributed by atoms with van der Waals surface area (Å²) in [6, 6.07) is 10.5. The van der Waals surface area contributed by atoms with Crippen molar-refractivity contribution in [3.05, 3.63) is 47.6 Å². The van der Waals surface area contributed by atoms with E-state index in [2.05, 4.69) is 45.0 Å². The summed E-state index contributed by atoms with van der Waals surface area (Å²) in [4.78, 5) is 16.1. The van der Waals surface area contributed by atoms with Crippen LogP contribution in [0.5, 0.6) is 0 Å². The molecule has 0 aliphatic heterocycles. The SMILES string of the molecule is CC(C)c1noc(CCNC(=O)NCC2CC(c3ccccc3)C2)n1. The molecule has 2 aromatic rings. The van der Waals surface area contributed by atoms with Crippen LogP contribution in [0.4, 0.5) is 4.79 Å².